The average Bonchev–Trinajstić information content (AvgIpc) is 3.89. The van der Waals surface area contributed by atoms with Crippen molar-refractivity contribution >= 4 is 92.5 Å². The number of fused-ring (bicyclic) bond motifs is 16. The van der Waals surface area contributed by atoms with Gasteiger partial charge in [-0.15, -0.1) is 0 Å². The Kier molecular flexibility index (Phi) is 4.36. The molecule has 0 fully saturated rings. The molecule has 0 saturated carbocycles. The lowest BCUT2D eigenvalue weighted by atomic mass is 10.0. The summed E-state index contributed by atoms with van der Waals surface area (Å²) < 4.78 is 5.04. The predicted molar refractivity (Wildman–Crippen MR) is 208 cm³/mol. The van der Waals surface area contributed by atoms with Crippen LogP contribution in [0.4, 0.5) is 0 Å². The molecule has 0 saturated heterocycles. The zero-order valence-corrected chi connectivity index (χ0v) is 26.6. The molecule has 1 aliphatic carbocycles. The van der Waals surface area contributed by atoms with Crippen LogP contribution in [0.2, 0.25) is 0 Å². The number of rotatable bonds is 1. The molecule has 0 bridgehead atoms. The lowest BCUT2D eigenvalue weighted by Gasteiger charge is -2.14. The van der Waals surface area contributed by atoms with Gasteiger partial charge in [-0.2, -0.15) is 0 Å². The molecule has 0 N–H and O–H groups in total. The van der Waals surface area contributed by atoms with Crippen molar-refractivity contribution in [1.29, 1.82) is 0 Å². The lowest BCUT2D eigenvalue weighted by molar-refractivity contribution is 1.21. The average molecular weight is 633 g/mol. The maximum absolute atomic E-state index is 5.16. The van der Waals surface area contributed by atoms with Crippen molar-refractivity contribution in [3.05, 3.63) is 146 Å². The van der Waals surface area contributed by atoms with Crippen molar-refractivity contribution in [2.75, 3.05) is 0 Å². The van der Waals surface area contributed by atoms with Gasteiger partial charge < -0.3 is 8.97 Å². The number of aromatic nitrogens is 4. The van der Waals surface area contributed by atoms with Crippen LogP contribution in [0.1, 0.15) is 0 Å². The number of benzene rings is 8. The molecule has 4 heterocycles. The highest BCUT2D eigenvalue weighted by Crippen LogP contribution is 2.51. The fourth-order valence-corrected chi connectivity index (χ4v) is 9.38. The van der Waals surface area contributed by atoms with Gasteiger partial charge in [0, 0.05) is 59.6 Å². The van der Waals surface area contributed by atoms with Crippen LogP contribution < -0.4 is 0 Å². The third-order valence-electron chi connectivity index (χ3n) is 11.3. The minimum atomic E-state index is 0.923. The molecule has 4 aromatic heterocycles. The molecule has 0 radical (unpaired) electrons. The molecule has 13 rings (SSSR count). The highest BCUT2D eigenvalue weighted by Gasteiger charge is 2.29. The van der Waals surface area contributed by atoms with E-state index >= 15 is 0 Å². The van der Waals surface area contributed by atoms with Gasteiger partial charge >= 0.3 is 0 Å². The first-order chi connectivity index (χ1) is 24.8. The van der Waals surface area contributed by atoms with E-state index < -0.39 is 0 Å². The summed E-state index contributed by atoms with van der Waals surface area (Å²) in [4.78, 5) is 10.3. The second-order valence-electron chi connectivity index (χ2n) is 13.7. The number of hydrogen-bond donors (Lipinski definition) is 0. The van der Waals surface area contributed by atoms with Gasteiger partial charge in [-0.3, -0.25) is 0 Å². The number of nitrogens with zero attached hydrogens (tertiary/aromatic N) is 4. The minimum absolute atomic E-state index is 0.923. The van der Waals surface area contributed by atoms with Crippen molar-refractivity contribution in [3.8, 4) is 28.2 Å². The normalized spacial score (nSPS) is 12.8. The molecule has 4 heteroatoms. The van der Waals surface area contributed by atoms with Gasteiger partial charge in [0.15, 0.2) is 0 Å². The van der Waals surface area contributed by atoms with E-state index in [-0.39, 0.29) is 0 Å². The van der Waals surface area contributed by atoms with Gasteiger partial charge in [-0.1, -0.05) is 103 Å². The molecule has 0 amide bonds. The van der Waals surface area contributed by atoms with E-state index in [1.54, 1.807) is 0 Å². The van der Waals surface area contributed by atoms with E-state index in [2.05, 4.69) is 142 Å². The first-order valence-corrected chi connectivity index (χ1v) is 17.2. The van der Waals surface area contributed by atoms with Crippen LogP contribution >= 0.6 is 0 Å². The molecule has 0 unspecified atom stereocenters. The van der Waals surface area contributed by atoms with Crippen LogP contribution in [0, 0.1) is 0 Å². The van der Waals surface area contributed by atoms with Crippen LogP contribution in [0.25, 0.3) is 121 Å². The van der Waals surface area contributed by atoms with Gasteiger partial charge in [-0.05, 0) is 47.9 Å². The SMILES string of the molecule is c1ccc2c(c1)ccc1c3c4c5ccccc5n5c6ccccc6c(cc3n(-c3ccc6c7c(cccc37)-c3nc7ccccc7nc3-6)c21)c45. The van der Waals surface area contributed by atoms with Gasteiger partial charge in [0.1, 0.15) is 0 Å². The molecule has 4 nitrogen and oxygen atoms in total. The largest absolute Gasteiger partial charge is 0.308 e. The van der Waals surface area contributed by atoms with Gasteiger partial charge in [0.05, 0.1) is 55.7 Å². The summed E-state index contributed by atoms with van der Waals surface area (Å²) in [6, 6.07) is 53.2. The molecular weight excluding hydrogens is 609 g/mol. The Morgan fingerprint density at radius 1 is 0.380 bits per heavy atom. The summed E-state index contributed by atoms with van der Waals surface area (Å²) in [5.74, 6) is 0. The molecule has 0 aliphatic heterocycles. The molecular formula is C46H24N4. The monoisotopic (exact) mass is 632 g/mol. The van der Waals surface area contributed by atoms with Crippen molar-refractivity contribution < 1.29 is 0 Å². The topological polar surface area (TPSA) is 35.1 Å². The summed E-state index contributed by atoms with van der Waals surface area (Å²) in [5, 5.41) is 12.6. The Bertz CT molecular complexity index is 3440. The van der Waals surface area contributed by atoms with Gasteiger partial charge in [0.2, 0.25) is 0 Å². The predicted octanol–water partition coefficient (Wildman–Crippen LogP) is 11.8. The molecule has 12 aromatic rings. The van der Waals surface area contributed by atoms with Crippen LogP contribution in [0.3, 0.4) is 0 Å². The lowest BCUT2D eigenvalue weighted by Crippen LogP contribution is -1.96. The first-order valence-electron chi connectivity index (χ1n) is 17.2. The third-order valence-corrected chi connectivity index (χ3v) is 11.3. The smallest absolute Gasteiger partial charge is 0.0979 e. The highest BCUT2D eigenvalue weighted by atomic mass is 15.0. The molecule has 50 heavy (non-hydrogen) atoms. The maximum Gasteiger partial charge on any atom is 0.0979 e. The first kappa shape index (κ1) is 25.3. The highest BCUT2D eigenvalue weighted by molar-refractivity contribution is 6.37. The summed E-state index contributed by atoms with van der Waals surface area (Å²) in [7, 11) is 0. The van der Waals surface area contributed by atoms with E-state index in [0.717, 1.165) is 33.5 Å². The quantitative estimate of drug-likeness (QED) is 0.180. The Labute approximate surface area is 284 Å². The second kappa shape index (κ2) is 8.62. The molecule has 228 valence electrons. The molecule has 8 aromatic carbocycles. The Balaban J connectivity index is 1.27. The van der Waals surface area contributed by atoms with Gasteiger partial charge in [0.25, 0.3) is 0 Å². The Morgan fingerprint density at radius 3 is 1.86 bits per heavy atom. The van der Waals surface area contributed by atoms with Crippen LogP contribution in [0.15, 0.2) is 146 Å². The third kappa shape index (κ3) is 2.84. The van der Waals surface area contributed by atoms with E-state index in [9.17, 15) is 0 Å². The van der Waals surface area contributed by atoms with Crippen molar-refractivity contribution in [2.24, 2.45) is 0 Å². The Morgan fingerprint density at radius 2 is 1.04 bits per heavy atom. The van der Waals surface area contributed by atoms with Gasteiger partial charge in [-0.25, -0.2) is 9.97 Å². The number of hydrogen-bond acceptors (Lipinski definition) is 2. The van der Waals surface area contributed by atoms with Crippen molar-refractivity contribution in [2.45, 2.75) is 0 Å². The standard InChI is InChI=1S/C46H24N4/c1-2-11-26-25(10-1)20-21-32-41-39(24-33-27-12-3-7-18-36(27)49-37-19-8-4-13-29(37)42(41)46(33)49)50(45(26)32)38-23-22-31-40-28(38)14-9-15-30(40)43-44(31)48-35-17-6-5-16-34(35)47-43/h1-24H. The fraction of sp³-hybridized carbons (Fsp3) is 0. The zero-order chi connectivity index (χ0) is 32.2. The molecule has 1 aliphatic rings. The second-order valence-corrected chi connectivity index (χ2v) is 13.7. The van der Waals surface area contributed by atoms with Crippen LogP contribution in [-0.4, -0.2) is 18.9 Å². The minimum Gasteiger partial charge on any atom is -0.308 e. The fourth-order valence-electron chi connectivity index (χ4n) is 9.38. The Hall–Kier alpha value is -6.78. The maximum atomic E-state index is 5.16. The summed E-state index contributed by atoms with van der Waals surface area (Å²) in [6.07, 6.45) is 0. The van der Waals surface area contributed by atoms with Crippen molar-refractivity contribution in [1.82, 2.24) is 18.9 Å². The van der Waals surface area contributed by atoms with E-state index in [1.165, 1.54) is 87.1 Å². The van der Waals surface area contributed by atoms with E-state index in [4.69, 9.17) is 9.97 Å². The molecule has 0 atom stereocenters. The van der Waals surface area contributed by atoms with E-state index in [0.29, 0.717) is 0 Å². The number of para-hydroxylation sites is 4. The molecule has 0 spiro atoms. The van der Waals surface area contributed by atoms with E-state index in [1.807, 2.05) is 12.1 Å². The summed E-state index contributed by atoms with van der Waals surface area (Å²) in [6.45, 7) is 0. The van der Waals surface area contributed by atoms with Crippen LogP contribution in [-0.2, 0) is 0 Å². The van der Waals surface area contributed by atoms with Crippen molar-refractivity contribution in [3.63, 3.8) is 0 Å². The summed E-state index contributed by atoms with van der Waals surface area (Å²) >= 11 is 0. The van der Waals surface area contributed by atoms with Crippen LogP contribution in [0.5, 0.6) is 0 Å². The zero-order valence-electron chi connectivity index (χ0n) is 26.6. The summed E-state index contributed by atoms with van der Waals surface area (Å²) in [5.41, 5.74) is 13.5.